The molecule has 1 aliphatic heterocycles. The average molecular weight is 259 g/mol. The Morgan fingerprint density at radius 3 is 2.58 bits per heavy atom. The SMILES string of the molecule is CC1C(=O)N(C)c2cccc(N)c2C(=O)N1C1CC1. The number of hydrogen-bond acceptors (Lipinski definition) is 3. The van der Waals surface area contributed by atoms with Gasteiger partial charge in [-0.05, 0) is 31.9 Å². The summed E-state index contributed by atoms with van der Waals surface area (Å²) in [7, 11) is 1.70. The number of nitrogen functional groups attached to an aromatic ring is 1. The van der Waals surface area contributed by atoms with E-state index >= 15 is 0 Å². The molecule has 1 fully saturated rings. The molecular formula is C14H17N3O2. The van der Waals surface area contributed by atoms with Gasteiger partial charge in [-0.3, -0.25) is 9.59 Å². The van der Waals surface area contributed by atoms with E-state index in [-0.39, 0.29) is 17.9 Å². The molecule has 0 bridgehead atoms. The first-order valence-electron chi connectivity index (χ1n) is 6.51. The topological polar surface area (TPSA) is 66.6 Å². The van der Waals surface area contributed by atoms with Crippen LogP contribution in [0.1, 0.15) is 30.1 Å². The van der Waals surface area contributed by atoms with Crippen LogP contribution in [-0.2, 0) is 4.79 Å². The lowest BCUT2D eigenvalue weighted by atomic mass is 10.1. The van der Waals surface area contributed by atoms with Gasteiger partial charge >= 0.3 is 0 Å². The van der Waals surface area contributed by atoms with Crippen LogP contribution in [0.5, 0.6) is 0 Å². The second-order valence-corrected chi connectivity index (χ2v) is 5.26. The Hall–Kier alpha value is -2.04. The highest BCUT2D eigenvalue weighted by Crippen LogP contribution is 2.37. The second-order valence-electron chi connectivity index (χ2n) is 5.26. The lowest BCUT2D eigenvalue weighted by molar-refractivity contribution is -0.122. The van der Waals surface area contributed by atoms with E-state index in [1.165, 1.54) is 4.90 Å². The number of rotatable bonds is 1. The Kier molecular flexibility index (Phi) is 2.52. The van der Waals surface area contributed by atoms with Crippen molar-refractivity contribution in [2.24, 2.45) is 0 Å². The predicted octanol–water partition coefficient (Wildman–Crippen LogP) is 1.24. The van der Waals surface area contributed by atoms with Crippen LogP contribution in [0.3, 0.4) is 0 Å². The molecule has 1 aliphatic carbocycles. The van der Waals surface area contributed by atoms with Crippen LogP contribution in [0.25, 0.3) is 0 Å². The van der Waals surface area contributed by atoms with Crippen LogP contribution in [0.2, 0.25) is 0 Å². The third kappa shape index (κ3) is 1.69. The molecule has 1 heterocycles. The number of nitrogens with zero attached hydrogens (tertiary/aromatic N) is 2. The molecule has 1 saturated carbocycles. The van der Waals surface area contributed by atoms with Gasteiger partial charge in [0.1, 0.15) is 6.04 Å². The molecule has 0 saturated heterocycles. The van der Waals surface area contributed by atoms with Gasteiger partial charge in [0.05, 0.1) is 11.3 Å². The smallest absolute Gasteiger partial charge is 0.259 e. The summed E-state index contributed by atoms with van der Waals surface area (Å²) in [5, 5.41) is 0. The van der Waals surface area contributed by atoms with Gasteiger partial charge in [0.25, 0.3) is 5.91 Å². The Balaban J connectivity index is 2.19. The summed E-state index contributed by atoms with van der Waals surface area (Å²) in [5.74, 6) is -0.189. The van der Waals surface area contributed by atoms with E-state index < -0.39 is 6.04 Å². The van der Waals surface area contributed by atoms with Crippen molar-refractivity contribution in [1.29, 1.82) is 0 Å². The highest BCUT2D eigenvalue weighted by Gasteiger charge is 2.43. The van der Waals surface area contributed by atoms with E-state index in [1.54, 1.807) is 37.1 Å². The Labute approximate surface area is 112 Å². The van der Waals surface area contributed by atoms with Gasteiger partial charge in [0.15, 0.2) is 0 Å². The minimum Gasteiger partial charge on any atom is -0.398 e. The fraction of sp³-hybridized carbons (Fsp3) is 0.429. The molecule has 2 N–H and O–H groups in total. The molecule has 5 heteroatoms. The number of nitrogens with two attached hydrogens (primary N) is 1. The molecule has 1 unspecified atom stereocenters. The summed E-state index contributed by atoms with van der Waals surface area (Å²) in [4.78, 5) is 28.3. The fourth-order valence-electron chi connectivity index (χ4n) is 2.73. The molecule has 1 aromatic rings. The molecule has 19 heavy (non-hydrogen) atoms. The maximum absolute atomic E-state index is 12.7. The normalized spacial score (nSPS) is 23.4. The van der Waals surface area contributed by atoms with Crippen molar-refractivity contribution in [2.75, 3.05) is 17.7 Å². The second kappa shape index (κ2) is 3.98. The van der Waals surface area contributed by atoms with E-state index in [9.17, 15) is 9.59 Å². The monoisotopic (exact) mass is 259 g/mol. The van der Waals surface area contributed by atoms with Crippen molar-refractivity contribution in [3.05, 3.63) is 23.8 Å². The van der Waals surface area contributed by atoms with Crippen LogP contribution in [0.15, 0.2) is 18.2 Å². The molecule has 5 nitrogen and oxygen atoms in total. The third-order valence-electron chi connectivity index (χ3n) is 3.93. The van der Waals surface area contributed by atoms with Crippen molar-refractivity contribution >= 4 is 23.2 Å². The number of carbonyl (C=O) groups excluding carboxylic acids is 2. The Morgan fingerprint density at radius 1 is 1.26 bits per heavy atom. The average Bonchev–Trinajstić information content (AvgIpc) is 3.20. The van der Waals surface area contributed by atoms with Crippen molar-refractivity contribution in [3.8, 4) is 0 Å². The number of anilines is 2. The van der Waals surface area contributed by atoms with Gasteiger partial charge in [0.2, 0.25) is 5.91 Å². The maximum Gasteiger partial charge on any atom is 0.259 e. The minimum absolute atomic E-state index is 0.0652. The van der Waals surface area contributed by atoms with Crippen molar-refractivity contribution in [3.63, 3.8) is 0 Å². The van der Waals surface area contributed by atoms with Gasteiger partial charge in [-0.2, -0.15) is 0 Å². The van der Waals surface area contributed by atoms with Crippen molar-refractivity contribution < 1.29 is 9.59 Å². The summed E-state index contributed by atoms with van der Waals surface area (Å²) in [6.45, 7) is 1.79. The van der Waals surface area contributed by atoms with Crippen molar-refractivity contribution in [1.82, 2.24) is 4.90 Å². The summed E-state index contributed by atoms with van der Waals surface area (Å²) < 4.78 is 0. The summed E-state index contributed by atoms with van der Waals surface area (Å²) in [5.41, 5.74) is 7.44. The molecule has 2 amide bonds. The fourth-order valence-corrected chi connectivity index (χ4v) is 2.73. The van der Waals surface area contributed by atoms with Crippen LogP contribution in [-0.4, -0.2) is 35.8 Å². The van der Waals surface area contributed by atoms with E-state index in [4.69, 9.17) is 5.73 Å². The number of amides is 2. The zero-order valence-corrected chi connectivity index (χ0v) is 11.1. The van der Waals surface area contributed by atoms with Crippen molar-refractivity contribution in [2.45, 2.75) is 31.8 Å². The number of likely N-dealkylation sites (N-methyl/N-ethyl adjacent to an activating group) is 1. The Morgan fingerprint density at radius 2 is 1.95 bits per heavy atom. The first-order valence-corrected chi connectivity index (χ1v) is 6.51. The van der Waals surface area contributed by atoms with Gasteiger partial charge in [-0.25, -0.2) is 0 Å². The Bertz CT molecular complexity index is 566. The molecule has 0 radical (unpaired) electrons. The van der Waals surface area contributed by atoms with E-state index in [2.05, 4.69) is 0 Å². The van der Waals surface area contributed by atoms with Crippen LogP contribution >= 0.6 is 0 Å². The first kappa shape index (κ1) is 12.0. The number of hydrogen-bond donors (Lipinski definition) is 1. The maximum atomic E-state index is 12.7. The molecule has 2 aliphatic rings. The zero-order valence-electron chi connectivity index (χ0n) is 11.1. The lowest BCUT2D eigenvalue weighted by Crippen LogP contribution is -2.46. The zero-order chi connectivity index (χ0) is 13.7. The predicted molar refractivity (Wildman–Crippen MR) is 72.9 cm³/mol. The molecule has 0 spiro atoms. The van der Waals surface area contributed by atoms with Gasteiger partial charge in [0, 0.05) is 18.8 Å². The van der Waals surface area contributed by atoms with Crippen LogP contribution < -0.4 is 10.6 Å². The molecule has 1 aromatic carbocycles. The van der Waals surface area contributed by atoms with E-state index in [0.717, 1.165) is 12.8 Å². The van der Waals surface area contributed by atoms with Crippen LogP contribution in [0, 0.1) is 0 Å². The van der Waals surface area contributed by atoms with Gasteiger partial charge in [-0.1, -0.05) is 6.07 Å². The highest BCUT2D eigenvalue weighted by atomic mass is 16.2. The first-order chi connectivity index (χ1) is 9.02. The van der Waals surface area contributed by atoms with Crippen LogP contribution in [0.4, 0.5) is 11.4 Å². The molecule has 100 valence electrons. The minimum atomic E-state index is -0.434. The van der Waals surface area contributed by atoms with E-state index in [0.29, 0.717) is 16.9 Å². The summed E-state index contributed by atoms with van der Waals surface area (Å²) in [6, 6.07) is 4.99. The van der Waals surface area contributed by atoms with E-state index in [1.807, 2.05) is 0 Å². The molecule has 1 atom stereocenters. The quantitative estimate of drug-likeness (QED) is 0.772. The highest BCUT2D eigenvalue weighted by molar-refractivity contribution is 6.13. The molecule has 3 rings (SSSR count). The number of carbonyl (C=O) groups is 2. The van der Waals surface area contributed by atoms with Gasteiger partial charge < -0.3 is 15.5 Å². The summed E-state index contributed by atoms with van der Waals surface area (Å²) >= 11 is 0. The third-order valence-corrected chi connectivity index (χ3v) is 3.93. The molecular weight excluding hydrogens is 242 g/mol. The standard InChI is InChI=1S/C14H17N3O2/c1-8-13(18)16(2)11-5-3-4-10(15)12(11)14(19)17(8)9-6-7-9/h3-5,8-9H,6-7,15H2,1-2H3. The van der Waals surface area contributed by atoms with Gasteiger partial charge in [-0.15, -0.1) is 0 Å². The summed E-state index contributed by atoms with van der Waals surface area (Å²) in [6.07, 6.45) is 1.93. The number of benzene rings is 1. The lowest BCUT2D eigenvalue weighted by Gasteiger charge is -2.27. The molecule has 0 aromatic heterocycles. The number of fused-ring (bicyclic) bond motifs is 1. The largest absolute Gasteiger partial charge is 0.398 e.